The molecule has 0 aromatic carbocycles. The summed E-state index contributed by atoms with van der Waals surface area (Å²) in [6.07, 6.45) is 8.05. The van der Waals surface area contributed by atoms with Crippen LogP contribution in [0.1, 0.15) is 58.3 Å². The third-order valence-electron chi connectivity index (χ3n) is 4.57. The summed E-state index contributed by atoms with van der Waals surface area (Å²) in [5, 5.41) is 11.8. The molecule has 102 valence electrons. The summed E-state index contributed by atoms with van der Waals surface area (Å²) in [6.45, 7) is 2.02. The first-order chi connectivity index (χ1) is 8.59. The molecule has 2 aliphatic rings. The van der Waals surface area contributed by atoms with Gasteiger partial charge in [-0.05, 0) is 31.1 Å². The third kappa shape index (κ3) is 2.68. The maximum absolute atomic E-state index is 12.1. The first kappa shape index (κ1) is 13.4. The van der Waals surface area contributed by atoms with E-state index in [0.717, 1.165) is 32.1 Å². The second-order valence-electron chi connectivity index (χ2n) is 5.87. The van der Waals surface area contributed by atoms with Crippen molar-refractivity contribution in [2.24, 2.45) is 11.3 Å². The molecule has 2 saturated carbocycles. The normalized spacial score (nSPS) is 25.9. The molecule has 0 heterocycles. The van der Waals surface area contributed by atoms with Crippen LogP contribution in [0.15, 0.2) is 0 Å². The Hall–Kier alpha value is -1.06. The predicted molar refractivity (Wildman–Crippen MR) is 68.1 cm³/mol. The number of unbranched alkanes of at least 4 members (excludes halogenated alkanes) is 1. The molecule has 18 heavy (non-hydrogen) atoms. The van der Waals surface area contributed by atoms with Crippen LogP contribution in [0.2, 0.25) is 0 Å². The van der Waals surface area contributed by atoms with Crippen LogP contribution in [0.5, 0.6) is 0 Å². The van der Waals surface area contributed by atoms with Gasteiger partial charge in [0, 0.05) is 5.92 Å². The quantitative estimate of drug-likeness (QED) is 0.763. The fourth-order valence-corrected chi connectivity index (χ4v) is 3.29. The van der Waals surface area contributed by atoms with Gasteiger partial charge in [-0.25, -0.2) is 4.79 Å². The van der Waals surface area contributed by atoms with Crippen LogP contribution in [0.25, 0.3) is 0 Å². The molecule has 2 fully saturated rings. The molecule has 0 aromatic rings. The van der Waals surface area contributed by atoms with E-state index in [9.17, 15) is 9.59 Å². The molecular weight excluding hydrogens is 230 g/mol. The number of carboxylic acids is 1. The van der Waals surface area contributed by atoms with Crippen molar-refractivity contribution in [1.29, 1.82) is 0 Å². The Morgan fingerprint density at radius 2 is 2.06 bits per heavy atom. The van der Waals surface area contributed by atoms with Gasteiger partial charge in [0.2, 0.25) is 5.91 Å². The average molecular weight is 253 g/mol. The van der Waals surface area contributed by atoms with Gasteiger partial charge >= 0.3 is 5.97 Å². The molecule has 4 nitrogen and oxygen atoms in total. The van der Waals surface area contributed by atoms with Crippen LogP contribution in [-0.2, 0) is 9.59 Å². The lowest BCUT2D eigenvalue weighted by molar-refractivity contribution is -0.142. The minimum Gasteiger partial charge on any atom is -0.480 e. The third-order valence-corrected chi connectivity index (χ3v) is 4.57. The zero-order valence-corrected chi connectivity index (χ0v) is 11.1. The van der Waals surface area contributed by atoms with Gasteiger partial charge < -0.3 is 10.4 Å². The monoisotopic (exact) mass is 253 g/mol. The summed E-state index contributed by atoms with van der Waals surface area (Å²) in [5.74, 6) is -0.846. The summed E-state index contributed by atoms with van der Waals surface area (Å²) < 4.78 is 0. The van der Waals surface area contributed by atoms with Crippen LogP contribution < -0.4 is 5.32 Å². The van der Waals surface area contributed by atoms with Crippen molar-refractivity contribution in [3.05, 3.63) is 0 Å². The Kier molecular flexibility index (Phi) is 3.93. The highest BCUT2D eigenvalue weighted by Gasteiger charge is 2.58. The van der Waals surface area contributed by atoms with Gasteiger partial charge in [0.15, 0.2) is 0 Å². The van der Waals surface area contributed by atoms with Crippen molar-refractivity contribution in [3.8, 4) is 0 Å². The zero-order chi connectivity index (χ0) is 13.2. The SMILES string of the molecule is CCCCC(NC(=O)C1CC12CCCC2)C(=O)O. The predicted octanol–water partition coefficient (Wildman–Crippen LogP) is 2.33. The van der Waals surface area contributed by atoms with Gasteiger partial charge in [-0.1, -0.05) is 32.6 Å². The number of rotatable bonds is 6. The summed E-state index contributed by atoms with van der Waals surface area (Å²) in [7, 11) is 0. The van der Waals surface area contributed by atoms with E-state index in [1.165, 1.54) is 12.8 Å². The van der Waals surface area contributed by atoms with Gasteiger partial charge in [0.25, 0.3) is 0 Å². The van der Waals surface area contributed by atoms with Crippen molar-refractivity contribution in [2.45, 2.75) is 64.3 Å². The Morgan fingerprint density at radius 1 is 1.39 bits per heavy atom. The molecule has 2 rings (SSSR count). The minimum absolute atomic E-state index is 0.0274. The number of aliphatic carboxylic acids is 1. The van der Waals surface area contributed by atoms with Crippen LogP contribution in [0.4, 0.5) is 0 Å². The fourth-order valence-electron chi connectivity index (χ4n) is 3.29. The lowest BCUT2D eigenvalue weighted by Gasteiger charge is -2.15. The summed E-state index contributed by atoms with van der Waals surface area (Å²) in [6, 6.07) is -0.698. The van der Waals surface area contributed by atoms with Crippen molar-refractivity contribution < 1.29 is 14.7 Å². The highest BCUT2D eigenvalue weighted by molar-refractivity contribution is 5.87. The Morgan fingerprint density at radius 3 is 2.61 bits per heavy atom. The molecule has 2 atom stereocenters. The van der Waals surface area contributed by atoms with E-state index in [2.05, 4.69) is 5.32 Å². The first-order valence-electron chi connectivity index (χ1n) is 7.12. The smallest absolute Gasteiger partial charge is 0.326 e. The lowest BCUT2D eigenvalue weighted by atomic mass is 10.0. The maximum atomic E-state index is 12.1. The number of hydrogen-bond acceptors (Lipinski definition) is 2. The van der Waals surface area contributed by atoms with Crippen LogP contribution in [-0.4, -0.2) is 23.0 Å². The molecule has 1 amide bonds. The van der Waals surface area contributed by atoms with E-state index in [1.54, 1.807) is 0 Å². The molecule has 2 aliphatic carbocycles. The number of nitrogens with one attached hydrogen (secondary N) is 1. The number of carboxylic acid groups (broad SMARTS) is 1. The van der Waals surface area contributed by atoms with Gasteiger partial charge in [-0.2, -0.15) is 0 Å². The van der Waals surface area contributed by atoms with E-state index in [-0.39, 0.29) is 17.2 Å². The van der Waals surface area contributed by atoms with Crippen LogP contribution in [0.3, 0.4) is 0 Å². The van der Waals surface area contributed by atoms with E-state index >= 15 is 0 Å². The number of carbonyl (C=O) groups is 2. The van der Waals surface area contributed by atoms with Crippen LogP contribution >= 0.6 is 0 Å². The van der Waals surface area contributed by atoms with Gasteiger partial charge in [-0.15, -0.1) is 0 Å². The average Bonchev–Trinajstić information content (AvgIpc) is 2.82. The second-order valence-corrected chi connectivity index (χ2v) is 5.87. The summed E-state index contributed by atoms with van der Waals surface area (Å²) in [4.78, 5) is 23.2. The number of carbonyl (C=O) groups excluding carboxylic acids is 1. The molecule has 2 unspecified atom stereocenters. The van der Waals surface area contributed by atoms with Crippen molar-refractivity contribution in [3.63, 3.8) is 0 Å². The van der Waals surface area contributed by atoms with E-state index < -0.39 is 12.0 Å². The largest absolute Gasteiger partial charge is 0.480 e. The number of hydrogen-bond donors (Lipinski definition) is 2. The molecule has 0 aliphatic heterocycles. The summed E-state index contributed by atoms with van der Waals surface area (Å²) >= 11 is 0. The molecule has 4 heteroatoms. The Labute approximate surface area is 108 Å². The highest BCUT2D eigenvalue weighted by atomic mass is 16.4. The summed E-state index contributed by atoms with van der Waals surface area (Å²) in [5.41, 5.74) is 0.248. The zero-order valence-electron chi connectivity index (χ0n) is 11.1. The van der Waals surface area contributed by atoms with Gasteiger partial charge in [0.1, 0.15) is 6.04 Å². The van der Waals surface area contributed by atoms with Crippen LogP contribution in [0, 0.1) is 11.3 Å². The highest BCUT2D eigenvalue weighted by Crippen LogP contribution is 2.62. The first-order valence-corrected chi connectivity index (χ1v) is 7.12. The maximum Gasteiger partial charge on any atom is 0.326 e. The Balaban J connectivity index is 1.84. The van der Waals surface area contributed by atoms with Crippen molar-refractivity contribution in [2.75, 3.05) is 0 Å². The lowest BCUT2D eigenvalue weighted by Crippen LogP contribution is -2.42. The van der Waals surface area contributed by atoms with E-state index in [0.29, 0.717) is 6.42 Å². The molecule has 1 spiro atoms. The van der Waals surface area contributed by atoms with Crippen molar-refractivity contribution >= 4 is 11.9 Å². The minimum atomic E-state index is -0.905. The van der Waals surface area contributed by atoms with E-state index in [4.69, 9.17) is 5.11 Å². The molecule has 0 aromatic heterocycles. The molecule has 2 N–H and O–H groups in total. The number of amides is 1. The fraction of sp³-hybridized carbons (Fsp3) is 0.857. The molecule has 0 saturated heterocycles. The molecule has 0 radical (unpaired) electrons. The molecular formula is C14H23NO3. The Bertz CT molecular complexity index is 334. The van der Waals surface area contributed by atoms with Gasteiger partial charge in [0.05, 0.1) is 0 Å². The van der Waals surface area contributed by atoms with Gasteiger partial charge in [-0.3, -0.25) is 4.79 Å². The second kappa shape index (κ2) is 5.29. The van der Waals surface area contributed by atoms with Crippen molar-refractivity contribution in [1.82, 2.24) is 5.32 Å². The topological polar surface area (TPSA) is 66.4 Å². The van der Waals surface area contributed by atoms with E-state index in [1.807, 2.05) is 6.92 Å². The standard InChI is InChI=1S/C14H23NO3/c1-2-3-6-11(13(17)18)15-12(16)10-9-14(10)7-4-5-8-14/h10-11H,2-9H2,1H3,(H,15,16)(H,17,18). The molecule has 0 bridgehead atoms.